The zero-order valence-electron chi connectivity index (χ0n) is 17.8. The van der Waals surface area contributed by atoms with E-state index in [4.69, 9.17) is 9.84 Å². The minimum Gasteiger partial charge on any atom is -0.457 e. The molecule has 6 nitrogen and oxygen atoms in total. The van der Waals surface area contributed by atoms with Crippen LogP contribution in [-0.2, 0) is 0 Å². The number of nitrogens with one attached hydrogen (secondary N) is 2. The van der Waals surface area contributed by atoms with Gasteiger partial charge in [0, 0.05) is 24.8 Å². The molecule has 0 radical (unpaired) electrons. The Labute approximate surface area is 186 Å². The van der Waals surface area contributed by atoms with Crippen LogP contribution in [0, 0.1) is 0 Å². The Bertz CT molecular complexity index is 1230. The van der Waals surface area contributed by atoms with Gasteiger partial charge in [0.1, 0.15) is 23.0 Å². The predicted molar refractivity (Wildman–Crippen MR) is 127 cm³/mol. The van der Waals surface area contributed by atoms with Crippen LogP contribution in [0.15, 0.2) is 78.9 Å². The highest BCUT2D eigenvalue weighted by atomic mass is 16.5. The molecule has 160 valence electrons. The van der Waals surface area contributed by atoms with Gasteiger partial charge in [-0.3, -0.25) is 4.79 Å². The van der Waals surface area contributed by atoms with Crippen LogP contribution in [0.1, 0.15) is 28.4 Å². The third-order valence-electron chi connectivity index (χ3n) is 5.77. The third kappa shape index (κ3) is 3.60. The minimum atomic E-state index is 0.0445. The van der Waals surface area contributed by atoms with E-state index in [9.17, 15) is 4.79 Å². The van der Waals surface area contributed by atoms with Gasteiger partial charge in [0.05, 0.1) is 11.6 Å². The fraction of sp³-hybridized carbons (Fsp3) is 0.154. The van der Waals surface area contributed by atoms with Crippen LogP contribution in [-0.4, -0.2) is 29.7 Å². The summed E-state index contributed by atoms with van der Waals surface area (Å²) in [5.74, 6) is 2.28. The smallest absolute Gasteiger partial charge is 0.156 e. The summed E-state index contributed by atoms with van der Waals surface area (Å²) in [6, 6.07) is 25.6. The summed E-state index contributed by atoms with van der Waals surface area (Å²) in [7, 11) is 1.92. The molecule has 0 bridgehead atoms. The molecule has 1 aliphatic heterocycles. The number of benzene rings is 3. The summed E-state index contributed by atoms with van der Waals surface area (Å²) in [6.07, 6.45) is 1.77. The highest BCUT2D eigenvalue weighted by molar-refractivity contribution is 5.92. The van der Waals surface area contributed by atoms with Crippen molar-refractivity contribution in [1.29, 1.82) is 0 Å². The van der Waals surface area contributed by atoms with E-state index in [1.165, 1.54) is 0 Å². The number of ether oxygens (including phenoxy) is 1. The van der Waals surface area contributed by atoms with Crippen molar-refractivity contribution in [2.24, 2.45) is 0 Å². The fourth-order valence-electron chi connectivity index (χ4n) is 4.23. The number of carbonyl (C=O) groups excluding carboxylic acids is 1. The second-order valence-electron chi connectivity index (χ2n) is 7.68. The molecule has 0 saturated carbocycles. The molecule has 32 heavy (non-hydrogen) atoms. The van der Waals surface area contributed by atoms with Gasteiger partial charge >= 0.3 is 0 Å². The Kier molecular flexibility index (Phi) is 5.34. The van der Waals surface area contributed by atoms with E-state index in [2.05, 4.69) is 22.8 Å². The van der Waals surface area contributed by atoms with Gasteiger partial charge in [0.15, 0.2) is 6.29 Å². The lowest BCUT2D eigenvalue weighted by atomic mass is 10.00. The Balaban J connectivity index is 1.51. The predicted octanol–water partition coefficient (Wildman–Crippen LogP) is 5.60. The lowest BCUT2D eigenvalue weighted by Gasteiger charge is -2.27. The average molecular weight is 425 g/mol. The molecule has 1 aromatic heterocycles. The quantitative estimate of drug-likeness (QED) is 0.394. The topological polar surface area (TPSA) is 68.2 Å². The van der Waals surface area contributed by atoms with Gasteiger partial charge in [-0.1, -0.05) is 36.4 Å². The molecular weight excluding hydrogens is 400 g/mol. The van der Waals surface area contributed by atoms with E-state index < -0.39 is 0 Å². The zero-order valence-corrected chi connectivity index (χ0v) is 17.8. The molecule has 0 saturated heterocycles. The highest BCUT2D eigenvalue weighted by Crippen LogP contribution is 2.38. The van der Waals surface area contributed by atoms with Crippen molar-refractivity contribution in [3.63, 3.8) is 0 Å². The third-order valence-corrected chi connectivity index (χ3v) is 5.77. The van der Waals surface area contributed by atoms with Crippen LogP contribution in [0.3, 0.4) is 0 Å². The second-order valence-corrected chi connectivity index (χ2v) is 7.68. The molecule has 1 aliphatic rings. The Morgan fingerprint density at radius 1 is 1.00 bits per heavy atom. The lowest BCUT2D eigenvalue weighted by molar-refractivity contribution is 0.112. The van der Waals surface area contributed by atoms with Crippen LogP contribution in [0.25, 0.3) is 11.3 Å². The summed E-state index contributed by atoms with van der Waals surface area (Å²) >= 11 is 0. The number of rotatable bonds is 6. The van der Waals surface area contributed by atoms with Crippen molar-refractivity contribution in [3.8, 4) is 22.8 Å². The first-order valence-electron chi connectivity index (χ1n) is 10.7. The van der Waals surface area contributed by atoms with Gasteiger partial charge in [-0.15, -0.1) is 0 Å². The summed E-state index contributed by atoms with van der Waals surface area (Å²) in [4.78, 5) is 12.1. The number of hydrogen-bond donors (Lipinski definition) is 2. The van der Waals surface area contributed by atoms with E-state index in [1.54, 1.807) is 0 Å². The first kappa shape index (κ1) is 19.9. The van der Waals surface area contributed by atoms with Gasteiger partial charge in [-0.25, -0.2) is 4.68 Å². The lowest BCUT2D eigenvalue weighted by Crippen LogP contribution is -2.25. The van der Waals surface area contributed by atoms with E-state index in [0.717, 1.165) is 53.4 Å². The Morgan fingerprint density at radius 2 is 1.72 bits per heavy atom. The van der Waals surface area contributed by atoms with Crippen LogP contribution >= 0.6 is 0 Å². The second kappa shape index (κ2) is 8.59. The molecule has 0 aliphatic carbocycles. The van der Waals surface area contributed by atoms with Crippen LogP contribution in [0.2, 0.25) is 0 Å². The van der Waals surface area contributed by atoms with E-state index in [-0.39, 0.29) is 6.04 Å². The van der Waals surface area contributed by atoms with E-state index >= 15 is 0 Å². The minimum absolute atomic E-state index is 0.0445. The SMILES string of the molecule is CNc1ccccc1C1CCNc2c(C=O)c(-c3ccc(Oc4ccccc4)cc3)nn21. The average Bonchev–Trinajstić information content (AvgIpc) is 3.24. The molecule has 4 aromatic rings. The fourth-order valence-corrected chi connectivity index (χ4v) is 4.23. The highest BCUT2D eigenvalue weighted by Gasteiger charge is 2.29. The van der Waals surface area contributed by atoms with Gasteiger partial charge in [-0.2, -0.15) is 5.10 Å². The number of carbonyl (C=O) groups is 1. The molecule has 1 unspecified atom stereocenters. The van der Waals surface area contributed by atoms with Crippen molar-refractivity contribution in [3.05, 3.63) is 90.0 Å². The normalized spacial score (nSPS) is 14.8. The molecule has 0 amide bonds. The van der Waals surface area contributed by atoms with Gasteiger partial charge in [0.25, 0.3) is 0 Å². The van der Waals surface area contributed by atoms with E-state index in [1.807, 2.05) is 78.5 Å². The summed E-state index contributed by atoms with van der Waals surface area (Å²) in [5.41, 5.74) is 4.35. The molecular formula is C26H24N4O2. The van der Waals surface area contributed by atoms with Crippen molar-refractivity contribution < 1.29 is 9.53 Å². The number of hydrogen-bond acceptors (Lipinski definition) is 5. The number of nitrogens with zero attached hydrogens (tertiary/aromatic N) is 2. The molecule has 2 N–H and O–H groups in total. The molecule has 0 fully saturated rings. The van der Waals surface area contributed by atoms with Crippen LogP contribution < -0.4 is 15.4 Å². The standard InChI is InChI=1S/C26H24N4O2/c1-27-23-10-6-5-9-21(23)24-15-16-28-26-22(17-31)25(29-30(24)26)18-11-13-20(14-12-18)32-19-7-3-2-4-8-19/h2-14,17,24,27-28H,15-16H2,1H3. The number of para-hydroxylation sites is 2. The molecule has 3 aromatic carbocycles. The van der Waals surface area contributed by atoms with Crippen LogP contribution in [0.4, 0.5) is 11.5 Å². The summed E-state index contributed by atoms with van der Waals surface area (Å²) in [5, 5.41) is 11.5. The number of aromatic nitrogens is 2. The molecule has 0 spiro atoms. The maximum atomic E-state index is 12.1. The van der Waals surface area contributed by atoms with Crippen molar-refractivity contribution in [2.75, 3.05) is 24.2 Å². The first-order valence-corrected chi connectivity index (χ1v) is 10.7. The largest absolute Gasteiger partial charge is 0.457 e. The number of anilines is 2. The van der Waals surface area contributed by atoms with Crippen molar-refractivity contribution in [1.82, 2.24) is 9.78 Å². The van der Waals surface area contributed by atoms with Gasteiger partial charge < -0.3 is 15.4 Å². The maximum absolute atomic E-state index is 12.1. The van der Waals surface area contributed by atoms with E-state index in [0.29, 0.717) is 11.3 Å². The maximum Gasteiger partial charge on any atom is 0.156 e. The van der Waals surface area contributed by atoms with Crippen molar-refractivity contribution >= 4 is 17.8 Å². The molecule has 6 heteroatoms. The number of fused-ring (bicyclic) bond motifs is 1. The Hall–Kier alpha value is -4.06. The van der Waals surface area contributed by atoms with Crippen LogP contribution in [0.5, 0.6) is 11.5 Å². The Morgan fingerprint density at radius 3 is 2.47 bits per heavy atom. The summed E-state index contributed by atoms with van der Waals surface area (Å²) < 4.78 is 7.84. The summed E-state index contributed by atoms with van der Waals surface area (Å²) in [6.45, 7) is 0.776. The first-order chi connectivity index (χ1) is 15.8. The zero-order chi connectivity index (χ0) is 21.9. The monoisotopic (exact) mass is 424 g/mol. The van der Waals surface area contributed by atoms with Gasteiger partial charge in [0.2, 0.25) is 0 Å². The van der Waals surface area contributed by atoms with Crippen molar-refractivity contribution in [2.45, 2.75) is 12.5 Å². The molecule has 2 heterocycles. The molecule has 1 atom stereocenters. The van der Waals surface area contributed by atoms with Gasteiger partial charge in [-0.05, 0) is 54.4 Å². The molecule has 5 rings (SSSR count). The number of aldehydes is 1.